The number of fused-ring (bicyclic) bond motifs is 2. The van der Waals surface area contributed by atoms with E-state index in [-0.39, 0.29) is 0 Å². The molecule has 5 aromatic rings. The van der Waals surface area contributed by atoms with Gasteiger partial charge in [0.1, 0.15) is 5.01 Å². The zero-order valence-corrected chi connectivity index (χ0v) is 22.0. The molecule has 1 aliphatic carbocycles. The summed E-state index contributed by atoms with van der Waals surface area (Å²) in [5, 5.41) is 11.8. The maximum Gasteiger partial charge on any atom is 0.181 e. The molecule has 0 spiro atoms. The second kappa shape index (κ2) is 9.19. The highest BCUT2D eigenvalue weighted by Gasteiger charge is 2.34. The van der Waals surface area contributed by atoms with Crippen LogP contribution in [-0.4, -0.2) is 43.7 Å². The smallest absolute Gasteiger partial charge is 0.181 e. The van der Waals surface area contributed by atoms with Gasteiger partial charge in [-0.3, -0.25) is 10.00 Å². The van der Waals surface area contributed by atoms with Crippen molar-refractivity contribution in [3.63, 3.8) is 0 Å². The van der Waals surface area contributed by atoms with Gasteiger partial charge in [0, 0.05) is 45.4 Å². The van der Waals surface area contributed by atoms with Crippen LogP contribution >= 0.6 is 11.3 Å². The molecule has 1 saturated heterocycles. The van der Waals surface area contributed by atoms with Gasteiger partial charge in [0.05, 0.1) is 5.69 Å². The number of aromatic nitrogens is 4. The monoisotopic (exact) mass is 505 g/mol. The van der Waals surface area contributed by atoms with Crippen molar-refractivity contribution in [2.45, 2.75) is 51.0 Å². The Bertz CT molecular complexity index is 1550. The molecule has 4 heterocycles. The largest absolute Gasteiger partial charge is 0.298 e. The van der Waals surface area contributed by atoms with Crippen molar-refractivity contribution in [2.75, 3.05) is 13.1 Å². The fourth-order valence-electron chi connectivity index (χ4n) is 6.21. The first-order valence-corrected chi connectivity index (χ1v) is 14.3. The summed E-state index contributed by atoms with van der Waals surface area (Å²) in [5.74, 6) is 0. The van der Waals surface area contributed by atoms with Crippen molar-refractivity contribution in [1.82, 2.24) is 25.1 Å². The molecule has 37 heavy (non-hydrogen) atoms. The average Bonchev–Trinajstić information content (AvgIpc) is 3.72. The number of aryl methyl sites for hydroxylation is 2. The Labute approximate surface area is 221 Å². The molecule has 0 unspecified atom stereocenters. The van der Waals surface area contributed by atoms with Crippen LogP contribution < -0.4 is 0 Å². The minimum absolute atomic E-state index is 0.330. The molecule has 1 atom stereocenters. The van der Waals surface area contributed by atoms with Crippen LogP contribution in [0.4, 0.5) is 0 Å². The highest BCUT2D eigenvalue weighted by Crippen LogP contribution is 2.37. The van der Waals surface area contributed by atoms with Gasteiger partial charge in [-0.25, -0.2) is 9.97 Å². The highest BCUT2D eigenvalue weighted by molar-refractivity contribution is 7.13. The van der Waals surface area contributed by atoms with Crippen LogP contribution in [0.2, 0.25) is 0 Å². The van der Waals surface area contributed by atoms with E-state index in [4.69, 9.17) is 4.98 Å². The molecule has 186 valence electrons. The Morgan fingerprint density at radius 3 is 2.38 bits per heavy atom. The lowest BCUT2D eigenvalue weighted by atomic mass is 9.90. The molecule has 3 aromatic heterocycles. The Hall–Kier alpha value is -3.35. The molecule has 1 aliphatic heterocycles. The summed E-state index contributed by atoms with van der Waals surface area (Å²) in [4.78, 5) is 11.9. The molecule has 0 bridgehead atoms. The van der Waals surface area contributed by atoms with Crippen LogP contribution in [0.3, 0.4) is 0 Å². The molecule has 5 nitrogen and oxygen atoms in total. The van der Waals surface area contributed by atoms with Crippen molar-refractivity contribution >= 4 is 22.4 Å². The normalized spacial score (nSPS) is 20.2. The van der Waals surface area contributed by atoms with Gasteiger partial charge in [0.25, 0.3) is 0 Å². The van der Waals surface area contributed by atoms with Gasteiger partial charge in [0.2, 0.25) is 0 Å². The van der Waals surface area contributed by atoms with Crippen LogP contribution in [-0.2, 0) is 12.8 Å². The zero-order chi connectivity index (χ0) is 24.8. The molecule has 6 heteroatoms. The highest BCUT2D eigenvalue weighted by atomic mass is 32.1. The SMILES string of the molecule is C[C@]1(N2CCCC2)CCc2ccc(-c3cnc4n[nH]c(-c5ccc(-c6nccs6)cc5)c4c3)cc2CC1. The van der Waals surface area contributed by atoms with E-state index in [2.05, 4.69) is 75.5 Å². The lowest BCUT2D eigenvalue weighted by Gasteiger charge is -2.38. The number of aromatic amines is 1. The van der Waals surface area contributed by atoms with E-state index in [9.17, 15) is 0 Å². The summed E-state index contributed by atoms with van der Waals surface area (Å²) in [6.45, 7) is 5.03. The lowest BCUT2D eigenvalue weighted by molar-refractivity contribution is 0.118. The second-order valence-electron chi connectivity index (χ2n) is 10.8. The Morgan fingerprint density at radius 2 is 1.59 bits per heavy atom. The number of likely N-dealkylation sites (tertiary alicyclic amines) is 1. The first-order chi connectivity index (χ1) is 18.2. The fraction of sp³-hybridized carbons (Fsp3) is 0.323. The van der Waals surface area contributed by atoms with Crippen LogP contribution in [0.25, 0.3) is 44.0 Å². The first kappa shape index (κ1) is 22.8. The molecular formula is C31H31N5S. The number of hydrogen-bond acceptors (Lipinski definition) is 5. The Balaban J connectivity index is 1.19. The molecule has 1 fully saturated rings. The van der Waals surface area contributed by atoms with Crippen molar-refractivity contribution in [3.05, 3.63) is 77.4 Å². The van der Waals surface area contributed by atoms with Gasteiger partial charge >= 0.3 is 0 Å². The van der Waals surface area contributed by atoms with Crippen LogP contribution in [0, 0.1) is 0 Å². The lowest BCUT2D eigenvalue weighted by Crippen LogP contribution is -2.44. The van der Waals surface area contributed by atoms with Crippen molar-refractivity contribution in [2.24, 2.45) is 0 Å². The van der Waals surface area contributed by atoms with E-state index in [0.29, 0.717) is 5.54 Å². The topological polar surface area (TPSA) is 57.7 Å². The third-order valence-electron chi connectivity index (χ3n) is 8.54. The van der Waals surface area contributed by atoms with Crippen molar-refractivity contribution < 1.29 is 0 Å². The molecule has 0 saturated carbocycles. The number of hydrogen-bond donors (Lipinski definition) is 1. The summed E-state index contributed by atoms with van der Waals surface area (Å²) in [7, 11) is 0. The molecule has 2 aliphatic rings. The Kier molecular flexibility index (Phi) is 5.67. The number of H-pyrrole nitrogens is 1. The van der Waals surface area contributed by atoms with Gasteiger partial charge in [0.15, 0.2) is 5.65 Å². The molecule has 1 N–H and O–H groups in total. The fourth-order valence-corrected chi connectivity index (χ4v) is 6.86. The first-order valence-electron chi connectivity index (χ1n) is 13.4. The van der Waals surface area contributed by atoms with E-state index in [0.717, 1.165) is 44.8 Å². The number of nitrogens with zero attached hydrogens (tertiary/aromatic N) is 4. The quantitative estimate of drug-likeness (QED) is 0.264. The standard InChI is InChI=1S/C31H31N5S/c1-31(36-15-2-3-16-36)12-10-21-4-9-24(18-25(21)11-13-31)26-19-27-28(34-35-29(27)33-20-26)22-5-7-23(8-6-22)30-32-14-17-37-30/h4-9,14,17-20H,2-3,10-13,15-16H2,1H3,(H,33,34,35)/t31-/m0/s1. The number of thiazole rings is 1. The van der Waals surface area contributed by atoms with E-state index < -0.39 is 0 Å². The predicted molar refractivity (Wildman–Crippen MR) is 152 cm³/mol. The van der Waals surface area contributed by atoms with E-state index >= 15 is 0 Å². The van der Waals surface area contributed by atoms with Gasteiger partial charge in [-0.15, -0.1) is 11.3 Å². The van der Waals surface area contributed by atoms with E-state index in [1.165, 1.54) is 61.9 Å². The number of pyridine rings is 1. The minimum Gasteiger partial charge on any atom is -0.298 e. The van der Waals surface area contributed by atoms with Crippen molar-refractivity contribution in [3.8, 4) is 33.0 Å². The molecule has 0 radical (unpaired) electrons. The summed E-state index contributed by atoms with van der Waals surface area (Å²) >= 11 is 1.65. The molecular weight excluding hydrogens is 474 g/mol. The molecule has 7 rings (SSSR count). The summed E-state index contributed by atoms with van der Waals surface area (Å²) in [6, 6.07) is 17.8. The minimum atomic E-state index is 0.330. The van der Waals surface area contributed by atoms with E-state index in [1.54, 1.807) is 11.3 Å². The molecule has 0 amide bonds. The summed E-state index contributed by atoms with van der Waals surface area (Å²) in [5.41, 5.74) is 9.72. The van der Waals surface area contributed by atoms with Crippen LogP contribution in [0.1, 0.15) is 43.7 Å². The summed E-state index contributed by atoms with van der Waals surface area (Å²) < 4.78 is 0. The molecule has 2 aromatic carbocycles. The third kappa shape index (κ3) is 4.18. The number of rotatable bonds is 4. The summed E-state index contributed by atoms with van der Waals surface area (Å²) in [6.07, 6.45) is 11.3. The maximum absolute atomic E-state index is 4.71. The maximum atomic E-state index is 4.71. The second-order valence-corrected chi connectivity index (χ2v) is 11.7. The number of nitrogens with one attached hydrogen (secondary N) is 1. The zero-order valence-electron chi connectivity index (χ0n) is 21.2. The van der Waals surface area contributed by atoms with Gasteiger partial charge in [-0.1, -0.05) is 42.5 Å². The number of benzene rings is 2. The Morgan fingerprint density at radius 1 is 0.838 bits per heavy atom. The van der Waals surface area contributed by atoms with Gasteiger partial charge in [-0.2, -0.15) is 5.10 Å². The predicted octanol–water partition coefficient (Wildman–Crippen LogP) is 7.15. The van der Waals surface area contributed by atoms with Crippen LogP contribution in [0.5, 0.6) is 0 Å². The third-order valence-corrected chi connectivity index (χ3v) is 9.36. The van der Waals surface area contributed by atoms with Gasteiger partial charge in [-0.05, 0) is 81.3 Å². The van der Waals surface area contributed by atoms with Crippen LogP contribution in [0.15, 0.2) is 66.3 Å². The van der Waals surface area contributed by atoms with E-state index in [1.807, 2.05) is 17.8 Å². The van der Waals surface area contributed by atoms with Crippen molar-refractivity contribution in [1.29, 1.82) is 0 Å². The average molecular weight is 506 g/mol. The van der Waals surface area contributed by atoms with Gasteiger partial charge < -0.3 is 0 Å².